The molecule has 0 radical (unpaired) electrons. The van der Waals surface area contributed by atoms with Crippen LogP contribution in [0.5, 0.6) is 0 Å². The van der Waals surface area contributed by atoms with E-state index in [0.29, 0.717) is 24.1 Å². The standard InChI is InChI=1S/C20H20N2O7/c1-28-20(27)12-6-8-13(9-7-12)21-16(23)11-29-17(24)10-22-18(25)14-4-2-3-5-15(14)19(22)26/h2-3,6-9,14-15H,4-5,10-11H2,1H3,(H,21,23)/t14-,15+. The van der Waals surface area contributed by atoms with Gasteiger partial charge in [0, 0.05) is 5.69 Å². The lowest BCUT2D eigenvalue weighted by Crippen LogP contribution is -2.37. The Kier molecular flexibility index (Phi) is 6.06. The van der Waals surface area contributed by atoms with Crippen LogP contribution in [0.2, 0.25) is 0 Å². The Balaban J connectivity index is 1.47. The summed E-state index contributed by atoms with van der Waals surface area (Å²) in [6.45, 7) is -1.08. The summed E-state index contributed by atoms with van der Waals surface area (Å²) in [6.07, 6.45) is 4.68. The number of anilines is 1. The zero-order chi connectivity index (χ0) is 21.0. The predicted molar refractivity (Wildman–Crippen MR) is 99.4 cm³/mol. The van der Waals surface area contributed by atoms with Crippen molar-refractivity contribution in [2.45, 2.75) is 12.8 Å². The molecule has 1 fully saturated rings. The second-order valence-electron chi connectivity index (χ2n) is 6.70. The number of rotatable bonds is 6. The second kappa shape index (κ2) is 8.68. The maximum absolute atomic E-state index is 12.3. The van der Waals surface area contributed by atoms with Crippen LogP contribution in [0.4, 0.5) is 5.69 Å². The van der Waals surface area contributed by atoms with Crippen molar-refractivity contribution in [1.82, 2.24) is 4.90 Å². The Hall–Kier alpha value is -3.49. The van der Waals surface area contributed by atoms with Gasteiger partial charge < -0.3 is 14.8 Å². The topological polar surface area (TPSA) is 119 Å². The van der Waals surface area contributed by atoms with Crippen molar-refractivity contribution in [1.29, 1.82) is 0 Å². The van der Waals surface area contributed by atoms with Crippen LogP contribution < -0.4 is 5.32 Å². The summed E-state index contributed by atoms with van der Waals surface area (Å²) in [5, 5.41) is 2.51. The number of carbonyl (C=O) groups excluding carboxylic acids is 5. The van der Waals surface area contributed by atoms with Gasteiger partial charge in [-0.1, -0.05) is 12.2 Å². The normalized spacial score (nSPS) is 20.2. The summed E-state index contributed by atoms with van der Waals surface area (Å²) in [6, 6.07) is 5.96. The van der Waals surface area contributed by atoms with E-state index < -0.39 is 42.8 Å². The van der Waals surface area contributed by atoms with E-state index in [2.05, 4.69) is 10.1 Å². The second-order valence-corrected chi connectivity index (χ2v) is 6.70. The molecule has 0 aromatic heterocycles. The minimum absolute atomic E-state index is 0.327. The number of amides is 3. The summed E-state index contributed by atoms with van der Waals surface area (Å²) in [5.74, 6) is -3.53. The quantitative estimate of drug-likeness (QED) is 0.428. The van der Waals surface area contributed by atoms with Crippen LogP contribution in [0, 0.1) is 11.8 Å². The van der Waals surface area contributed by atoms with Crippen molar-refractivity contribution in [3.63, 3.8) is 0 Å². The molecule has 9 heteroatoms. The summed E-state index contributed by atoms with van der Waals surface area (Å²) in [4.78, 5) is 60.8. The molecule has 1 saturated heterocycles. The van der Waals surface area contributed by atoms with Gasteiger partial charge in [-0.15, -0.1) is 0 Å². The largest absolute Gasteiger partial charge is 0.465 e. The molecule has 0 unspecified atom stereocenters. The van der Waals surface area contributed by atoms with Crippen LogP contribution in [-0.4, -0.2) is 54.8 Å². The van der Waals surface area contributed by atoms with Gasteiger partial charge in [0.1, 0.15) is 6.54 Å². The lowest BCUT2D eigenvalue weighted by molar-refractivity contribution is -0.154. The molecular formula is C20H20N2O7. The van der Waals surface area contributed by atoms with Gasteiger partial charge in [0.05, 0.1) is 24.5 Å². The molecule has 1 heterocycles. The zero-order valence-corrected chi connectivity index (χ0v) is 15.8. The molecule has 2 atom stereocenters. The van der Waals surface area contributed by atoms with Crippen LogP contribution in [0.15, 0.2) is 36.4 Å². The fourth-order valence-corrected chi connectivity index (χ4v) is 3.35. The van der Waals surface area contributed by atoms with Crippen molar-refractivity contribution in [2.24, 2.45) is 11.8 Å². The highest BCUT2D eigenvalue weighted by Crippen LogP contribution is 2.34. The van der Waals surface area contributed by atoms with Crippen molar-refractivity contribution >= 4 is 35.3 Å². The number of benzene rings is 1. The van der Waals surface area contributed by atoms with Gasteiger partial charge in [-0.05, 0) is 37.1 Å². The number of nitrogens with one attached hydrogen (secondary N) is 1. The molecule has 1 aliphatic carbocycles. The molecule has 1 aromatic carbocycles. The predicted octanol–water partition coefficient (Wildman–Crippen LogP) is 0.906. The Morgan fingerprint density at radius 2 is 1.62 bits per heavy atom. The number of carbonyl (C=O) groups is 5. The number of hydrogen-bond donors (Lipinski definition) is 1. The summed E-state index contributed by atoms with van der Waals surface area (Å²) in [7, 11) is 1.26. The van der Waals surface area contributed by atoms with Crippen LogP contribution in [-0.2, 0) is 28.7 Å². The first kappa shape index (κ1) is 20.2. The number of esters is 2. The van der Waals surface area contributed by atoms with Crippen LogP contribution in [0.1, 0.15) is 23.2 Å². The third-order valence-corrected chi connectivity index (χ3v) is 4.84. The monoisotopic (exact) mass is 400 g/mol. The molecule has 0 bridgehead atoms. The molecule has 152 valence electrons. The number of methoxy groups -OCH3 is 1. The first-order valence-electron chi connectivity index (χ1n) is 9.04. The van der Waals surface area contributed by atoms with E-state index in [9.17, 15) is 24.0 Å². The average Bonchev–Trinajstić information content (AvgIpc) is 2.97. The molecule has 0 spiro atoms. The number of allylic oxidation sites excluding steroid dienone is 2. The summed E-state index contributed by atoms with van der Waals surface area (Å²) in [5.41, 5.74) is 0.729. The highest BCUT2D eigenvalue weighted by atomic mass is 16.5. The van der Waals surface area contributed by atoms with Crippen LogP contribution >= 0.6 is 0 Å². The third-order valence-electron chi connectivity index (χ3n) is 4.84. The van der Waals surface area contributed by atoms with Crippen LogP contribution in [0.25, 0.3) is 0 Å². The summed E-state index contributed by atoms with van der Waals surface area (Å²) >= 11 is 0. The van der Waals surface area contributed by atoms with Gasteiger partial charge in [-0.2, -0.15) is 0 Å². The molecule has 3 amide bonds. The minimum atomic E-state index is -0.838. The number of likely N-dealkylation sites (tertiary alicyclic amines) is 1. The van der Waals surface area contributed by atoms with Crippen molar-refractivity contribution in [2.75, 3.05) is 25.6 Å². The molecule has 1 aliphatic heterocycles. The maximum Gasteiger partial charge on any atom is 0.337 e. The van der Waals surface area contributed by atoms with Crippen molar-refractivity contribution < 1.29 is 33.4 Å². The number of nitrogens with zero attached hydrogens (tertiary/aromatic N) is 1. The van der Waals surface area contributed by atoms with Crippen molar-refractivity contribution in [3.8, 4) is 0 Å². The fraction of sp³-hybridized carbons (Fsp3) is 0.350. The highest BCUT2D eigenvalue weighted by molar-refractivity contribution is 6.07. The SMILES string of the molecule is COC(=O)c1ccc(NC(=O)COC(=O)CN2C(=O)[C@H]3CC=CC[C@H]3C2=O)cc1. The first-order valence-corrected chi connectivity index (χ1v) is 9.04. The fourth-order valence-electron chi connectivity index (χ4n) is 3.35. The van der Waals surface area contributed by atoms with Gasteiger partial charge in [0.2, 0.25) is 11.8 Å². The Labute approximate surface area is 166 Å². The molecule has 29 heavy (non-hydrogen) atoms. The van der Waals surface area contributed by atoms with Gasteiger partial charge in [0.25, 0.3) is 5.91 Å². The Morgan fingerprint density at radius 3 is 2.17 bits per heavy atom. The van der Waals surface area contributed by atoms with Gasteiger partial charge >= 0.3 is 11.9 Å². The molecule has 2 aliphatic rings. The van der Waals surface area contributed by atoms with Crippen LogP contribution in [0.3, 0.4) is 0 Å². The Bertz CT molecular complexity index is 849. The maximum atomic E-state index is 12.3. The van der Waals surface area contributed by atoms with Crippen molar-refractivity contribution in [3.05, 3.63) is 42.0 Å². The van der Waals surface area contributed by atoms with Gasteiger partial charge in [-0.3, -0.25) is 24.1 Å². The minimum Gasteiger partial charge on any atom is -0.465 e. The highest BCUT2D eigenvalue weighted by Gasteiger charge is 2.47. The number of imide groups is 1. The Morgan fingerprint density at radius 1 is 1.03 bits per heavy atom. The lowest BCUT2D eigenvalue weighted by atomic mass is 9.85. The molecular weight excluding hydrogens is 380 g/mol. The van der Waals surface area contributed by atoms with Gasteiger partial charge in [-0.25, -0.2) is 4.79 Å². The molecule has 1 N–H and O–H groups in total. The number of hydrogen-bond acceptors (Lipinski definition) is 7. The smallest absolute Gasteiger partial charge is 0.337 e. The van der Waals surface area contributed by atoms with E-state index in [1.807, 2.05) is 12.2 Å². The van der Waals surface area contributed by atoms with E-state index in [0.717, 1.165) is 4.90 Å². The van der Waals surface area contributed by atoms with Gasteiger partial charge in [0.15, 0.2) is 6.61 Å². The van der Waals surface area contributed by atoms with E-state index in [1.54, 1.807) is 0 Å². The molecule has 0 saturated carbocycles. The molecule has 9 nitrogen and oxygen atoms in total. The molecule has 3 rings (SSSR count). The average molecular weight is 400 g/mol. The van der Waals surface area contributed by atoms with E-state index in [1.165, 1.54) is 31.4 Å². The molecule has 1 aromatic rings. The summed E-state index contributed by atoms with van der Waals surface area (Å²) < 4.78 is 9.46. The zero-order valence-electron chi connectivity index (χ0n) is 15.8. The van der Waals surface area contributed by atoms with E-state index in [-0.39, 0.29) is 11.8 Å². The number of fused-ring (bicyclic) bond motifs is 1. The van der Waals surface area contributed by atoms with E-state index >= 15 is 0 Å². The third kappa shape index (κ3) is 4.50. The lowest BCUT2D eigenvalue weighted by Gasteiger charge is -2.14. The van der Waals surface area contributed by atoms with E-state index in [4.69, 9.17) is 4.74 Å². The number of ether oxygens (including phenoxy) is 2. The first-order chi connectivity index (χ1) is 13.9.